The van der Waals surface area contributed by atoms with Gasteiger partial charge in [-0.15, -0.1) is 16.9 Å². The summed E-state index contributed by atoms with van der Waals surface area (Å²) in [5, 5.41) is 31.1. The number of carbonyl (C=O) groups is 4. The number of aromatic nitrogens is 6. The highest BCUT2D eigenvalue weighted by molar-refractivity contribution is 8.01. The number of nitrogens with one attached hydrogen (secondary N) is 3. The smallest absolute Gasteiger partial charge is 0.352 e. The van der Waals surface area contributed by atoms with Gasteiger partial charge in [-0.2, -0.15) is 5.16 Å². The highest BCUT2D eigenvalue weighted by atomic mass is 32.2. The molecular formula is C21H19N9O7S2. The minimum atomic E-state index is -1.29. The fourth-order valence-corrected chi connectivity index (χ4v) is 6.35. The van der Waals surface area contributed by atoms with E-state index < -0.39 is 52.4 Å². The van der Waals surface area contributed by atoms with Crippen LogP contribution in [0.3, 0.4) is 0 Å². The molecule has 0 saturated carbocycles. The molecule has 18 heteroatoms. The molecule has 1 saturated heterocycles. The first-order valence-electron chi connectivity index (χ1n) is 11.2. The van der Waals surface area contributed by atoms with Gasteiger partial charge in [-0.05, 0) is 26.7 Å². The number of benzene rings is 1. The molecule has 4 heterocycles. The van der Waals surface area contributed by atoms with Gasteiger partial charge in [0, 0.05) is 18.6 Å². The number of aryl methyl sites for hydroxylation is 1. The van der Waals surface area contributed by atoms with Crippen molar-refractivity contribution in [3.63, 3.8) is 0 Å². The molecule has 16 nitrogen and oxygen atoms in total. The Bertz CT molecular complexity index is 1530. The number of rotatable bonds is 9. The molecule has 1 aromatic carbocycles. The van der Waals surface area contributed by atoms with Crippen molar-refractivity contribution in [1.82, 2.24) is 46.1 Å². The number of β-lactam (4-membered cyclic amide) rings is 1. The van der Waals surface area contributed by atoms with Crippen molar-refractivity contribution < 1.29 is 28.9 Å². The molecule has 1 fully saturated rings. The van der Waals surface area contributed by atoms with Gasteiger partial charge in [-0.1, -0.05) is 42.1 Å². The second-order valence-electron chi connectivity index (χ2n) is 8.31. The Morgan fingerprint density at radius 3 is 2.69 bits per heavy atom. The Morgan fingerprint density at radius 1 is 1.28 bits per heavy atom. The second kappa shape index (κ2) is 10.7. The zero-order chi connectivity index (χ0) is 27.7. The van der Waals surface area contributed by atoms with E-state index >= 15 is 0 Å². The number of aliphatic carboxylic acids is 1. The molecule has 4 N–H and O–H groups in total. The van der Waals surface area contributed by atoms with Gasteiger partial charge in [-0.3, -0.25) is 28.7 Å². The van der Waals surface area contributed by atoms with Crippen LogP contribution in [0.2, 0.25) is 0 Å². The monoisotopic (exact) mass is 573 g/mol. The van der Waals surface area contributed by atoms with Crippen molar-refractivity contribution >= 4 is 47.2 Å². The summed E-state index contributed by atoms with van der Waals surface area (Å²) in [6, 6.07) is 5.87. The summed E-state index contributed by atoms with van der Waals surface area (Å²) in [4.78, 5) is 64.0. The number of thioether (sulfide) groups is 2. The molecule has 0 radical (unpaired) electrons. The SMILES string of the molecule is Cn1nnnc1SCC1=C(C(=O)O)N2C(=O)C(NC(=O)[C@H](NC(=O)c3no[nH]c3=O)c3ccccc3)[C@H]2SC1. The van der Waals surface area contributed by atoms with Gasteiger partial charge in [0.05, 0.1) is 0 Å². The molecule has 39 heavy (non-hydrogen) atoms. The summed E-state index contributed by atoms with van der Waals surface area (Å²) in [6.07, 6.45) is 0. The zero-order valence-electron chi connectivity index (χ0n) is 19.9. The zero-order valence-corrected chi connectivity index (χ0v) is 21.6. The average molecular weight is 574 g/mol. The standard InChI is InChI=1S/C21H19N9O7S2/c1-29-21(24-27-28-29)39-8-10-7-38-19-13(18(34)30(19)14(10)20(35)36)23-15(31)11(9-5-3-2-4-6-9)22-16(32)12-17(33)26-37-25-12/h2-6,11,13,19H,7-8H2,1H3,(H,22,32)(H,23,31)(H,26,33)(H,35,36)/t11-,13?,19-/m1/s1. The quantitative estimate of drug-likeness (QED) is 0.176. The molecular weight excluding hydrogens is 554 g/mol. The van der Waals surface area contributed by atoms with Crippen molar-refractivity contribution in [1.29, 1.82) is 0 Å². The van der Waals surface area contributed by atoms with Crippen LogP contribution in [0, 0.1) is 0 Å². The van der Waals surface area contributed by atoms with Crippen LogP contribution in [0.1, 0.15) is 22.1 Å². The van der Waals surface area contributed by atoms with E-state index in [2.05, 4.69) is 35.9 Å². The number of hydrogen-bond acceptors (Lipinski definition) is 12. The molecule has 2 aromatic heterocycles. The maximum atomic E-state index is 13.3. The number of carboxylic acids is 1. The lowest BCUT2D eigenvalue weighted by molar-refractivity contribution is -0.151. The first-order valence-corrected chi connectivity index (χ1v) is 13.3. The van der Waals surface area contributed by atoms with E-state index in [1.165, 1.54) is 28.2 Å². The number of hydrogen-bond donors (Lipinski definition) is 4. The van der Waals surface area contributed by atoms with Crippen LogP contribution in [0.4, 0.5) is 0 Å². The minimum absolute atomic E-state index is 0.143. The van der Waals surface area contributed by atoms with Gasteiger partial charge in [0.25, 0.3) is 11.8 Å². The lowest BCUT2D eigenvalue weighted by Gasteiger charge is -2.49. The predicted molar refractivity (Wildman–Crippen MR) is 133 cm³/mol. The van der Waals surface area contributed by atoms with E-state index in [4.69, 9.17) is 0 Å². The summed E-state index contributed by atoms with van der Waals surface area (Å²) in [5.74, 6) is -3.01. The summed E-state index contributed by atoms with van der Waals surface area (Å²) in [7, 11) is 1.65. The van der Waals surface area contributed by atoms with Gasteiger partial charge >= 0.3 is 11.5 Å². The van der Waals surface area contributed by atoms with Crippen LogP contribution in [0.5, 0.6) is 0 Å². The van der Waals surface area contributed by atoms with Gasteiger partial charge in [-0.25, -0.2) is 9.48 Å². The number of tetrazole rings is 1. The molecule has 3 amide bonds. The Labute approximate surface area is 226 Å². The van der Waals surface area contributed by atoms with E-state index in [1.807, 2.05) is 5.16 Å². The Balaban J connectivity index is 1.32. The largest absolute Gasteiger partial charge is 0.477 e. The molecule has 202 valence electrons. The van der Waals surface area contributed by atoms with Crippen molar-refractivity contribution in [3.8, 4) is 0 Å². The van der Waals surface area contributed by atoms with Gasteiger partial charge in [0.1, 0.15) is 23.2 Å². The van der Waals surface area contributed by atoms with Crippen molar-refractivity contribution in [2.75, 3.05) is 11.5 Å². The van der Waals surface area contributed by atoms with Gasteiger partial charge in [0.15, 0.2) is 0 Å². The molecule has 0 aliphatic carbocycles. The fraction of sp³-hybridized carbons (Fsp3) is 0.286. The number of nitrogens with zero attached hydrogens (tertiary/aromatic N) is 6. The third-order valence-corrected chi connectivity index (χ3v) is 8.32. The number of aromatic amines is 1. The summed E-state index contributed by atoms with van der Waals surface area (Å²) < 4.78 is 5.84. The van der Waals surface area contributed by atoms with E-state index in [0.29, 0.717) is 22.0 Å². The van der Waals surface area contributed by atoms with E-state index in [-0.39, 0.29) is 11.4 Å². The Kier molecular flexibility index (Phi) is 7.20. The van der Waals surface area contributed by atoms with E-state index in [1.54, 1.807) is 37.4 Å². The Morgan fingerprint density at radius 2 is 2.05 bits per heavy atom. The van der Waals surface area contributed by atoms with Crippen LogP contribution in [-0.2, 0) is 21.4 Å². The number of carboxylic acid groups (broad SMARTS) is 1. The first kappa shape index (κ1) is 26.2. The van der Waals surface area contributed by atoms with Gasteiger partial charge < -0.3 is 15.7 Å². The molecule has 2 aliphatic heterocycles. The molecule has 0 bridgehead atoms. The average Bonchev–Trinajstić information content (AvgIpc) is 3.55. The molecule has 2 aliphatic rings. The highest BCUT2D eigenvalue weighted by Crippen LogP contribution is 2.41. The topological polar surface area (TPSA) is 218 Å². The first-order chi connectivity index (χ1) is 18.8. The van der Waals surface area contributed by atoms with Crippen LogP contribution in [0.15, 0.2) is 56.2 Å². The lowest BCUT2D eigenvalue weighted by atomic mass is 10.0. The number of carbonyl (C=O) groups excluding carboxylic acids is 3. The van der Waals surface area contributed by atoms with Crippen LogP contribution in [0.25, 0.3) is 0 Å². The van der Waals surface area contributed by atoms with Crippen molar-refractivity contribution in [2.24, 2.45) is 7.05 Å². The lowest BCUT2D eigenvalue weighted by Crippen LogP contribution is -2.71. The Hall–Kier alpha value is -4.45. The predicted octanol–water partition coefficient (Wildman–Crippen LogP) is -1.11. The molecule has 3 aromatic rings. The van der Waals surface area contributed by atoms with Crippen molar-refractivity contribution in [2.45, 2.75) is 22.6 Å². The second-order valence-corrected chi connectivity index (χ2v) is 10.4. The number of amides is 3. The minimum Gasteiger partial charge on any atom is -0.477 e. The molecule has 1 unspecified atom stereocenters. The fourth-order valence-electron chi connectivity index (χ4n) is 4.02. The van der Waals surface area contributed by atoms with Crippen molar-refractivity contribution in [3.05, 3.63) is 63.2 Å². The summed E-state index contributed by atoms with van der Waals surface area (Å²) in [5.41, 5.74) is -0.694. The van der Waals surface area contributed by atoms with Crippen LogP contribution in [-0.4, -0.2) is 87.1 Å². The third kappa shape index (κ3) is 5.02. The number of fused-ring (bicyclic) bond motifs is 1. The van der Waals surface area contributed by atoms with E-state index in [0.717, 1.165) is 4.90 Å². The van der Waals surface area contributed by atoms with E-state index in [9.17, 15) is 29.1 Å². The molecule has 3 atom stereocenters. The maximum Gasteiger partial charge on any atom is 0.352 e. The van der Waals surface area contributed by atoms with Crippen LogP contribution < -0.4 is 16.2 Å². The van der Waals surface area contributed by atoms with Crippen LogP contribution >= 0.6 is 23.5 Å². The normalized spacial score (nSPS) is 19.2. The molecule has 5 rings (SSSR count). The summed E-state index contributed by atoms with van der Waals surface area (Å²) >= 11 is 2.54. The third-order valence-electron chi connectivity index (χ3n) is 5.88. The summed E-state index contributed by atoms with van der Waals surface area (Å²) in [6.45, 7) is 0. The highest BCUT2D eigenvalue weighted by Gasteiger charge is 2.54. The molecule has 0 spiro atoms. The number of H-pyrrole nitrogens is 1. The van der Waals surface area contributed by atoms with Gasteiger partial charge in [0.2, 0.25) is 16.8 Å². The maximum absolute atomic E-state index is 13.3.